The summed E-state index contributed by atoms with van der Waals surface area (Å²) in [5.41, 5.74) is 6.33. The Bertz CT molecular complexity index is 512. The average molecular weight is 251 g/mol. The predicted molar refractivity (Wildman–Crippen MR) is 67.7 cm³/mol. The number of methoxy groups -OCH3 is 1. The van der Waals surface area contributed by atoms with Crippen LogP contribution < -0.4 is 15.8 Å². The van der Waals surface area contributed by atoms with E-state index < -0.39 is 0 Å². The number of nitrogen functional groups attached to an aromatic ring is 1. The Morgan fingerprint density at radius 3 is 2.82 bits per heavy atom. The molecule has 5 nitrogen and oxygen atoms in total. The van der Waals surface area contributed by atoms with Gasteiger partial charge in [-0.1, -0.05) is 17.7 Å². The summed E-state index contributed by atoms with van der Waals surface area (Å²) in [4.78, 5) is 7.79. The van der Waals surface area contributed by atoms with Crippen LogP contribution >= 0.6 is 11.6 Å². The lowest BCUT2D eigenvalue weighted by Gasteiger charge is -2.07. The molecule has 0 spiro atoms. The number of benzene rings is 1. The van der Waals surface area contributed by atoms with Crippen molar-refractivity contribution in [2.24, 2.45) is 0 Å². The zero-order valence-electron chi connectivity index (χ0n) is 9.14. The minimum atomic E-state index is 0.128. The van der Waals surface area contributed by atoms with Crippen LogP contribution in [0.25, 0.3) is 0 Å². The molecule has 1 aromatic heterocycles. The molecule has 3 N–H and O–H groups in total. The van der Waals surface area contributed by atoms with E-state index in [4.69, 9.17) is 22.1 Å². The Kier molecular flexibility index (Phi) is 3.30. The monoisotopic (exact) mass is 250 g/mol. The summed E-state index contributed by atoms with van der Waals surface area (Å²) in [5, 5.41) is 3.36. The fourth-order valence-corrected chi connectivity index (χ4v) is 1.54. The molecule has 0 saturated heterocycles. The second-order valence-corrected chi connectivity index (χ2v) is 3.68. The molecule has 0 saturated carbocycles. The zero-order valence-corrected chi connectivity index (χ0v) is 9.90. The molecule has 0 aliphatic heterocycles. The largest absolute Gasteiger partial charge is 0.497 e. The molecule has 88 valence electrons. The molecule has 0 fully saturated rings. The third-order valence-corrected chi connectivity index (χ3v) is 2.25. The van der Waals surface area contributed by atoms with Crippen LogP contribution in [0.3, 0.4) is 0 Å². The highest BCUT2D eigenvalue weighted by atomic mass is 35.5. The van der Waals surface area contributed by atoms with Crippen molar-refractivity contribution in [3.8, 4) is 5.75 Å². The first-order chi connectivity index (χ1) is 8.17. The summed E-state index contributed by atoms with van der Waals surface area (Å²) < 4.78 is 5.12. The van der Waals surface area contributed by atoms with E-state index >= 15 is 0 Å². The maximum atomic E-state index is 5.78. The smallest absolute Gasteiger partial charge is 0.223 e. The maximum absolute atomic E-state index is 5.78. The highest BCUT2D eigenvalue weighted by molar-refractivity contribution is 6.29. The van der Waals surface area contributed by atoms with Crippen LogP contribution in [-0.2, 0) is 0 Å². The lowest BCUT2D eigenvalue weighted by Crippen LogP contribution is -2.00. The number of nitrogens with one attached hydrogen (secondary N) is 1. The number of ether oxygens (including phenoxy) is 1. The van der Waals surface area contributed by atoms with Crippen molar-refractivity contribution in [1.29, 1.82) is 0 Å². The van der Waals surface area contributed by atoms with Crippen molar-refractivity contribution in [3.05, 3.63) is 35.5 Å². The van der Waals surface area contributed by atoms with Crippen LogP contribution in [-0.4, -0.2) is 17.1 Å². The average Bonchev–Trinajstić information content (AvgIpc) is 2.28. The first-order valence-corrected chi connectivity index (χ1v) is 5.26. The van der Waals surface area contributed by atoms with Gasteiger partial charge in [0.05, 0.1) is 7.11 Å². The summed E-state index contributed by atoms with van der Waals surface area (Å²) in [7, 11) is 1.61. The van der Waals surface area contributed by atoms with Crippen LogP contribution in [0.15, 0.2) is 30.3 Å². The summed E-state index contributed by atoms with van der Waals surface area (Å²) in [6.07, 6.45) is 0. The van der Waals surface area contributed by atoms with E-state index in [1.807, 2.05) is 24.3 Å². The highest BCUT2D eigenvalue weighted by Gasteiger charge is 2.01. The van der Waals surface area contributed by atoms with E-state index in [-0.39, 0.29) is 5.95 Å². The Morgan fingerprint density at radius 1 is 1.29 bits per heavy atom. The van der Waals surface area contributed by atoms with Gasteiger partial charge in [0, 0.05) is 17.8 Å². The fraction of sp³-hybridized carbons (Fsp3) is 0.0909. The van der Waals surface area contributed by atoms with Crippen molar-refractivity contribution >= 4 is 29.1 Å². The Morgan fingerprint density at radius 2 is 2.12 bits per heavy atom. The van der Waals surface area contributed by atoms with Gasteiger partial charge in [0.15, 0.2) is 0 Å². The van der Waals surface area contributed by atoms with Gasteiger partial charge in [-0.05, 0) is 12.1 Å². The van der Waals surface area contributed by atoms with Crippen molar-refractivity contribution in [2.75, 3.05) is 18.2 Å². The van der Waals surface area contributed by atoms with Gasteiger partial charge in [0.1, 0.15) is 16.7 Å². The molecular formula is C11H11ClN4O. The Hall–Kier alpha value is -2.01. The third-order valence-electron chi connectivity index (χ3n) is 2.05. The second kappa shape index (κ2) is 4.88. The standard InChI is InChI=1S/C11H11ClN4O/c1-17-8-4-2-3-7(5-8)14-10-6-9(12)15-11(13)16-10/h2-6H,1H3,(H3,13,14,15,16). The van der Waals surface area contributed by atoms with Gasteiger partial charge in [0.25, 0.3) is 0 Å². The lowest BCUT2D eigenvalue weighted by atomic mass is 10.3. The van der Waals surface area contributed by atoms with Crippen molar-refractivity contribution in [3.63, 3.8) is 0 Å². The summed E-state index contributed by atoms with van der Waals surface area (Å²) in [6, 6.07) is 9.04. The number of hydrogen-bond donors (Lipinski definition) is 2. The quantitative estimate of drug-likeness (QED) is 0.819. The highest BCUT2D eigenvalue weighted by Crippen LogP contribution is 2.21. The van der Waals surface area contributed by atoms with Gasteiger partial charge in [-0.25, -0.2) is 4.98 Å². The molecule has 17 heavy (non-hydrogen) atoms. The van der Waals surface area contributed by atoms with Crippen molar-refractivity contribution < 1.29 is 4.74 Å². The summed E-state index contributed by atoms with van der Waals surface area (Å²) in [6.45, 7) is 0. The van der Waals surface area contributed by atoms with Gasteiger partial charge in [-0.3, -0.25) is 0 Å². The molecule has 0 unspecified atom stereocenters. The van der Waals surface area contributed by atoms with E-state index in [0.717, 1.165) is 11.4 Å². The summed E-state index contributed by atoms with van der Waals surface area (Å²) in [5.74, 6) is 1.42. The number of aromatic nitrogens is 2. The van der Waals surface area contributed by atoms with Gasteiger partial charge in [-0.2, -0.15) is 4.98 Å². The normalized spacial score (nSPS) is 10.0. The van der Waals surface area contributed by atoms with Crippen LogP contribution in [0.4, 0.5) is 17.5 Å². The fourth-order valence-electron chi connectivity index (χ4n) is 1.35. The number of anilines is 3. The molecule has 0 atom stereocenters. The number of nitrogens with two attached hydrogens (primary N) is 1. The van der Waals surface area contributed by atoms with Gasteiger partial charge >= 0.3 is 0 Å². The summed E-state index contributed by atoms with van der Waals surface area (Å²) >= 11 is 5.78. The predicted octanol–water partition coefficient (Wildman–Crippen LogP) is 2.46. The molecule has 0 radical (unpaired) electrons. The number of rotatable bonds is 3. The van der Waals surface area contributed by atoms with Crippen LogP contribution in [0.5, 0.6) is 5.75 Å². The molecule has 0 aliphatic carbocycles. The number of hydrogen-bond acceptors (Lipinski definition) is 5. The van der Waals surface area contributed by atoms with Crippen LogP contribution in [0.2, 0.25) is 5.15 Å². The van der Waals surface area contributed by atoms with Crippen molar-refractivity contribution in [1.82, 2.24) is 9.97 Å². The van der Waals surface area contributed by atoms with E-state index in [1.165, 1.54) is 0 Å². The van der Waals surface area contributed by atoms with E-state index in [9.17, 15) is 0 Å². The SMILES string of the molecule is COc1cccc(Nc2cc(Cl)nc(N)n2)c1. The van der Waals surface area contributed by atoms with Gasteiger partial charge < -0.3 is 15.8 Å². The van der Waals surface area contributed by atoms with E-state index in [2.05, 4.69) is 15.3 Å². The minimum absolute atomic E-state index is 0.128. The molecule has 2 rings (SSSR count). The van der Waals surface area contributed by atoms with Gasteiger partial charge in [0.2, 0.25) is 5.95 Å². The van der Waals surface area contributed by atoms with E-state index in [0.29, 0.717) is 11.0 Å². The molecule has 6 heteroatoms. The van der Waals surface area contributed by atoms with Crippen LogP contribution in [0.1, 0.15) is 0 Å². The minimum Gasteiger partial charge on any atom is -0.497 e. The first-order valence-electron chi connectivity index (χ1n) is 4.88. The number of halogens is 1. The molecule has 0 aliphatic rings. The zero-order chi connectivity index (χ0) is 12.3. The van der Waals surface area contributed by atoms with Crippen molar-refractivity contribution in [2.45, 2.75) is 0 Å². The maximum Gasteiger partial charge on any atom is 0.223 e. The second-order valence-electron chi connectivity index (χ2n) is 3.29. The number of nitrogens with zero attached hydrogens (tertiary/aromatic N) is 2. The Labute approximate surface area is 104 Å². The molecular weight excluding hydrogens is 240 g/mol. The lowest BCUT2D eigenvalue weighted by molar-refractivity contribution is 0.415. The van der Waals surface area contributed by atoms with Crippen LogP contribution in [0, 0.1) is 0 Å². The first kappa shape index (κ1) is 11.5. The molecule has 2 aromatic rings. The molecule has 1 heterocycles. The third kappa shape index (κ3) is 2.98. The van der Waals surface area contributed by atoms with Gasteiger partial charge in [-0.15, -0.1) is 0 Å². The molecule has 1 aromatic carbocycles. The van der Waals surface area contributed by atoms with E-state index in [1.54, 1.807) is 13.2 Å². The molecule has 0 bridgehead atoms. The Balaban J connectivity index is 2.24. The molecule has 0 amide bonds. The topological polar surface area (TPSA) is 73.1 Å².